The van der Waals surface area contributed by atoms with E-state index in [4.69, 9.17) is 20.8 Å². The quantitative estimate of drug-likeness (QED) is 0.230. The molecule has 0 bridgehead atoms. The van der Waals surface area contributed by atoms with E-state index >= 15 is 0 Å². The van der Waals surface area contributed by atoms with Crippen LogP contribution in [0, 0.1) is 6.92 Å². The number of ether oxygens (including phenoxy) is 1. The first-order valence-electron chi connectivity index (χ1n) is 11.6. The first-order chi connectivity index (χ1) is 18.4. The van der Waals surface area contributed by atoms with E-state index in [1.807, 2.05) is 16.8 Å². The molecule has 0 saturated heterocycles. The van der Waals surface area contributed by atoms with Crippen LogP contribution in [0.3, 0.4) is 0 Å². The lowest BCUT2D eigenvalue weighted by Gasteiger charge is -2.13. The summed E-state index contributed by atoms with van der Waals surface area (Å²) < 4.78 is 26.3. The maximum absolute atomic E-state index is 13.5. The van der Waals surface area contributed by atoms with Crippen LogP contribution in [0.25, 0.3) is 16.9 Å². The van der Waals surface area contributed by atoms with Crippen molar-refractivity contribution >= 4 is 45.9 Å². The van der Waals surface area contributed by atoms with Gasteiger partial charge in [0.15, 0.2) is 17.4 Å². The first-order valence-corrected chi connectivity index (χ1v) is 11.9. The number of amides is 1. The smallest absolute Gasteiger partial charge is 0.273 e. The highest BCUT2D eigenvalue weighted by Gasteiger charge is 2.13. The van der Waals surface area contributed by atoms with Gasteiger partial charge >= 0.3 is 0 Å². The fourth-order valence-corrected chi connectivity index (χ4v) is 4.03. The Morgan fingerprint density at radius 3 is 2.84 bits per heavy atom. The second-order valence-electron chi connectivity index (χ2n) is 8.28. The number of hydrogen-bond donors (Lipinski definition) is 2. The number of aryl methyl sites for hydroxylation is 1. The van der Waals surface area contributed by atoms with Crippen LogP contribution in [-0.2, 0) is 6.54 Å². The number of nitrogens with one attached hydrogen (secondary N) is 2. The molecule has 0 atom stereocenters. The number of hydrogen-bond acceptors (Lipinski definition) is 7. The molecule has 9 nitrogen and oxygen atoms in total. The molecule has 5 rings (SSSR count). The summed E-state index contributed by atoms with van der Waals surface area (Å²) in [7, 11) is 0. The Kier molecular flexibility index (Phi) is 7.05. The number of nitrogens with zero attached hydrogens (tertiary/aromatic N) is 4. The predicted octanol–water partition coefficient (Wildman–Crippen LogP) is 6.29. The number of rotatable bonds is 9. The minimum absolute atomic E-state index is 0.232. The van der Waals surface area contributed by atoms with Crippen LogP contribution >= 0.6 is 11.6 Å². The van der Waals surface area contributed by atoms with Gasteiger partial charge in [0, 0.05) is 37.5 Å². The van der Waals surface area contributed by atoms with E-state index in [0.717, 1.165) is 11.0 Å². The Labute approximate surface area is 222 Å². The van der Waals surface area contributed by atoms with Gasteiger partial charge in [-0.15, -0.1) is 0 Å². The van der Waals surface area contributed by atoms with E-state index < -0.39 is 5.83 Å². The number of aromatic nitrogens is 4. The maximum atomic E-state index is 13.5. The van der Waals surface area contributed by atoms with Crippen LogP contribution in [0.5, 0.6) is 11.5 Å². The second kappa shape index (κ2) is 10.7. The molecule has 0 saturated carbocycles. The highest BCUT2D eigenvalue weighted by atomic mass is 35.5. The van der Waals surface area contributed by atoms with E-state index in [-0.39, 0.29) is 11.6 Å². The van der Waals surface area contributed by atoms with Crippen LogP contribution < -0.4 is 15.4 Å². The van der Waals surface area contributed by atoms with Gasteiger partial charge in [0.05, 0.1) is 10.5 Å². The van der Waals surface area contributed by atoms with Crippen molar-refractivity contribution in [3.05, 3.63) is 96.1 Å². The SMILES string of the molecule is C=C(F)c1cccc(Oc2ccc(Nc3ncnc4ccn(CCNC(=O)c5coc(C)n5)c34)cc2Cl)c1. The first kappa shape index (κ1) is 25.0. The number of halogens is 2. The zero-order valence-electron chi connectivity index (χ0n) is 20.2. The van der Waals surface area contributed by atoms with Crippen LogP contribution in [0.2, 0.25) is 5.02 Å². The largest absolute Gasteiger partial charge is 0.456 e. The van der Waals surface area contributed by atoms with Crippen LogP contribution in [0.4, 0.5) is 15.9 Å². The summed E-state index contributed by atoms with van der Waals surface area (Å²) in [5.74, 6) is 0.979. The number of oxazole rings is 1. The normalized spacial score (nSPS) is 10.9. The molecule has 2 aromatic carbocycles. The number of anilines is 2. The Morgan fingerprint density at radius 2 is 2.08 bits per heavy atom. The van der Waals surface area contributed by atoms with Crippen molar-refractivity contribution < 1.29 is 18.3 Å². The number of benzene rings is 2. The second-order valence-corrected chi connectivity index (χ2v) is 8.69. The fourth-order valence-electron chi connectivity index (χ4n) is 3.81. The molecule has 192 valence electrons. The third-order valence-corrected chi connectivity index (χ3v) is 5.91. The van der Waals surface area contributed by atoms with Gasteiger partial charge in [0.25, 0.3) is 5.91 Å². The zero-order chi connectivity index (χ0) is 26.6. The molecular formula is C27H22ClFN6O3. The molecule has 38 heavy (non-hydrogen) atoms. The molecule has 0 unspecified atom stereocenters. The molecule has 0 radical (unpaired) electrons. The van der Waals surface area contributed by atoms with Crippen molar-refractivity contribution in [1.29, 1.82) is 0 Å². The van der Waals surface area contributed by atoms with Crippen molar-refractivity contribution in [2.45, 2.75) is 13.5 Å². The lowest BCUT2D eigenvalue weighted by Crippen LogP contribution is -2.27. The average molecular weight is 533 g/mol. The predicted molar refractivity (Wildman–Crippen MR) is 142 cm³/mol. The average Bonchev–Trinajstić information content (AvgIpc) is 3.53. The van der Waals surface area contributed by atoms with Gasteiger partial charge < -0.3 is 24.4 Å². The number of carbonyl (C=O) groups excluding carboxylic acids is 1. The summed E-state index contributed by atoms with van der Waals surface area (Å²) in [5.41, 5.74) is 2.74. The lowest BCUT2D eigenvalue weighted by molar-refractivity contribution is 0.0947. The summed E-state index contributed by atoms with van der Waals surface area (Å²) in [5, 5.41) is 6.45. The molecule has 2 N–H and O–H groups in total. The molecule has 0 fully saturated rings. The van der Waals surface area contributed by atoms with Crippen LogP contribution in [0.1, 0.15) is 21.9 Å². The highest BCUT2D eigenvalue weighted by molar-refractivity contribution is 6.32. The van der Waals surface area contributed by atoms with E-state index in [0.29, 0.717) is 52.6 Å². The van der Waals surface area contributed by atoms with Crippen molar-refractivity contribution in [2.24, 2.45) is 0 Å². The van der Waals surface area contributed by atoms with Gasteiger partial charge in [-0.3, -0.25) is 4.79 Å². The Morgan fingerprint density at radius 1 is 1.21 bits per heavy atom. The minimum atomic E-state index is -0.547. The van der Waals surface area contributed by atoms with E-state index in [1.165, 1.54) is 12.6 Å². The van der Waals surface area contributed by atoms with Gasteiger partial charge in [0.1, 0.15) is 35.4 Å². The monoisotopic (exact) mass is 532 g/mol. The molecule has 0 aliphatic rings. The molecule has 0 aliphatic carbocycles. The molecule has 3 aromatic heterocycles. The van der Waals surface area contributed by atoms with Gasteiger partial charge in [0.2, 0.25) is 0 Å². The van der Waals surface area contributed by atoms with Crippen LogP contribution in [-0.4, -0.2) is 32.0 Å². The molecule has 5 aromatic rings. The maximum Gasteiger partial charge on any atom is 0.273 e. The Bertz CT molecular complexity index is 1650. The fraction of sp³-hybridized carbons (Fsp3) is 0.111. The summed E-state index contributed by atoms with van der Waals surface area (Å²) in [6, 6.07) is 13.6. The Hall–Kier alpha value is -4.70. The van der Waals surface area contributed by atoms with E-state index in [1.54, 1.807) is 49.4 Å². The molecular weight excluding hydrogens is 511 g/mol. The van der Waals surface area contributed by atoms with Gasteiger partial charge in [-0.25, -0.2) is 19.3 Å². The molecule has 3 heterocycles. The van der Waals surface area contributed by atoms with Gasteiger partial charge in [-0.1, -0.05) is 30.3 Å². The zero-order valence-corrected chi connectivity index (χ0v) is 21.0. The third-order valence-electron chi connectivity index (χ3n) is 5.61. The topological polar surface area (TPSA) is 107 Å². The highest BCUT2D eigenvalue weighted by Crippen LogP contribution is 2.34. The number of fused-ring (bicyclic) bond motifs is 1. The van der Waals surface area contributed by atoms with Crippen molar-refractivity contribution in [3.63, 3.8) is 0 Å². The van der Waals surface area contributed by atoms with E-state index in [9.17, 15) is 9.18 Å². The van der Waals surface area contributed by atoms with Crippen LogP contribution in [0.15, 0.2) is 78.3 Å². The molecule has 1 amide bonds. The third kappa shape index (κ3) is 5.50. The van der Waals surface area contributed by atoms with E-state index in [2.05, 4.69) is 32.2 Å². The summed E-state index contributed by atoms with van der Waals surface area (Å²) in [6.07, 6.45) is 4.67. The number of carbonyl (C=O) groups is 1. The standard InChI is InChI=1S/C27H22ClFN6O3/c1-16(29)18-4-3-5-20(12-18)38-24-7-6-19(13-21(24)28)34-26-25-22(31-15-32-26)8-10-35(25)11-9-30-27(36)23-14-37-17(2)33-23/h3-8,10,12-15H,1,9,11H2,2H3,(H,30,36)(H,31,32,34). The van der Waals surface area contributed by atoms with Crippen molar-refractivity contribution in [3.8, 4) is 11.5 Å². The molecule has 0 spiro atoms. The summed E-state index contributed by atoms with van der Waals surface area (Å²) in [4.78, 5) is 25.0. The molecule has 0 aliphatic heterocycles. The molecule has 11 heteroatoms. The minimum Gasteiger partial charge on any atom is -0.456 e. The lowest BCUT2D eigenvalue weighted by atomic mass is 10.2. The van der Waals surface area contributed by atoms with Crippen molar-refractivity contribution in [2.75, 3.05) is 11.9 Å². The summed E-state index contributed by atoms with van der Waals surface area (Å²) in [6.45, 7) is 5.82. The van der Waals surface area contributed by atoms with Gasteiger partial charge in [-0.2, -0.15) is 0 Å². The van der Waals surface area contributed by atoms with Crippen molar-refractivity contribution in [1.82, 2.24) is 24.8 Å². The van der Waals surface area contributed by atoms with Gasteiger partial charge in [-0.05, 0) is 36.4 Å². The Balaban J connectivity index is 1.30. The summed E-state index contributed by atoms with van der Waals surface area (Å²) >= 11 is 6.48.